The third-order valence-electron chi connectivity index (χ3n) is 2.43. The average molecular weight is 233 g/mol. The van der Waals surface area contributed by atoms with Gasteiger partial charge >= 0.3 is 0 Å². The maximum atomic E-state index is 5.51. The van der Waals surface area contributed by atoms with E-state index in [1.165, 1.54) is 4.88 Å². The molecule has 2 N–H and O–H groups in total. The second-order valence-electron chi connectivity index (χ2n) is 3.65. The SMILES string of the molecule is CN(Cc1cccs1)c1ccc(CN)nc1. The van der Waals surface area contributed by atoms with E-state index >= 15 is 0 Å². The minimum absolute atomic E-state index is 0.495. The fraction of sp³-hybridized carbons (Fsp3) is 0.250. The molecule has 0 bridgehead atoms. The highest BCUT2D eigenvalue weighted by Gasteiger charge is 2.03. The minimum Gasteiger partial charge on any atom is -0.368 e. The normalized spacial score (nSPS) is 10.4. The smallest absolute Gasteiger partial charge is 0.0553 e. The fourth-order valence-corrected chi connectivity index (χ4v) is 2.25. The number of hydrogen-bond donors (Lipinski definition) is 1. The molecule has 0 radical (unpaired) electrons. The first-order chi connectivity index (χ1) is 7.79. The summed E-state index contributed by atoms with van der Waals surface area (Å²) in [5, 5.41) is 2.10. The summed E-state index contributed by atoms with van der Waals surface area (Å²) in [5.41, 5.74) is 7.55. The third kappa shape index (κ3) is 2.59. The predicted octanol–water partition coefficient (Wildman–Crippen LogP) is 2.24. The van der Waals surface area contributed by atoms with Crippen molar-refractivity contribution in [1.29, 1.82) is 0 Å². The van der Waals surface area contributed by atoms with Gasteiger partial charge in [-0.15, -0.1) is 11.3 Å². The van der Waals surface area contributed by atoms with Crippen molar-refractivity contribution in [3.8, 4) is 0 Å². The van der Waals surface area contributed by atoms with Crippen molar-refractivity contribution in [1.82, 2.24) is 4.98 Å². The highest BCUT2D eigenvalue weighted by molar-refractivity contribution is 7.09. The standard InChI is InChI=1S/C12H15N3S/c1-15(9-12-3-2-6-16-12)11-5-4-10(7-13)14-8-11/h2-6,8H,7,9,13H2,1H3. The lowest BCUT2D eigenvalue weighted by Crippen LogP contribution is -2.16. The Balaban J connectivity index is 2.05. The van der Waals surface area contributed by atoms with Gasteiger partial charge in [0.15, 0.2) is 0 Å². The van der Waals surface area contributed by atoms with Crippen molar-refractivity contribution in [2.45, 2.75) is 13.1 Å². The summed E-state index contributed by atoms with van der Waals surface area (Å²) in [5.74, 6) is 0. The number of nitrogens with zero attached hydrogens (tertiary/aromatic N) is 2. The van der Waals surface area contributed by atoms with Crippen molar-refractivity contribution in [3.63, 3.8) is 0 Å². The zero-order valence-corrected chi connectivity index (χ0v) is 10.1. The molecule has 0 aliphatic carbocycles. The Morgan fingerprint density at radius 1 is 1.38 bits per heavy atom. The quantitative estimate of drug-likeness (QED) is 0.880. The first-order valence-corrected chi connectivity index (χ1v) is 6.06. The van der Waals surface area contributed by atoms with Crippen LogP contribution in [0.1, 0.15) is 10.6 Å². The van der Waals surface area contributed by atoms with E-state index in [-0.39, 0.29) is 0 Å². The first-order valence-electron chi connectivity index (χ1n) is 5.18. The Morgan fingerprint density at radius 2 is 2.25 bits per heavy atom. The summed E-state index contributed by atoms with van der Waals surface area (Å²) >= 11 is 1.77. The summed E-state index contributed by atoms with van der Waals surface area (Å²) in [6.45, 7) is 1.41. The van der Waals surface area contributed by atoms with Gasteiger partial charge in [-0.25, -0.2) is 0 Å². The van der Waals surface area contributed by atoms with Gasteiger partial charge in [-0.1, -0.05) is 6.07 Å². The van der Waals surface area contributed by atoms with E-state index in [1.54, 1.807) is 11.3 Å². The van der Waals surface area contributed by atoms with Gasteiger partial charge in [0.05, 0.1) is 24.1 Å². The molecule has 0 amide bonds. The molecule has 0 aromatic carbocycles. The molecule has 2 aromatic rings. The topological polar surface area (TPSA) is 42.1 Å². The Labute approximate surface area is 99.5 Å². The van der Waals surface area contributed by atoms with Crippen LogP contribution in [-0.4, -0.2) is 12.0 Å². The van der Waals surface area contributed by atoms with Crippen molar-refractivity contribution in [2.75, 3.05) is 11.9 Å². The van der Waals surface area contributed by atoms with Crippen LogP contribution in [0.3, 0.4) is 0 Å². The highest BCUT2D eigenvalue weighted by Crippen LogP contribution is 2.17. The monoisotopic (exact) mass is 233 g/mol. The van der Waals surface area contributed by atoms with Gasteiger partial charge in [-0.05, 0) is 23.6 Å². The van der Waals surface area contributed by atoms with Gasteiger partial charge in [-0.2, -0.15) is 0 Å². The van der Waals surface area contributed by atoms with Crippen LogP contribution < -0.4 is 10.6 Å². The molecule has 0 fully saturated rings. The number of thiophene rings is 1. The van der Waals surface area contributed by atoms with Crippen LogP contribution in [0.15, 0.2) is 35.8 Å². The van der Waals surface area contributed by atoms with Crippen LogP contribution in [-0.2, 0) is 13.1 Å². The second-order valence-corrected chi connectivity index (χ2v) is 4.68. The number of pyridine rings is 1. The molecule has 16 heavy (non-hydrogen) atoms. The number of nitrogens with two attached hydrogens (primary N) is 1. The van der Waals surface area contributed by atoms with Crippen molar-refractivity contribution in [3.05, 3.63) is 46.4 Å². The van der Waals surface area contributed by atoms with Crippen LogP contribution in [0.25, 0.3) is 0 Å². The molecule has 0 aliphatic heterocycles. The van der Waals surface area contributed by atoms with Crippen molar-refractivity contribution < 1.29 is 0 Å². The molecule has 0 unspecified atom stereocenters. The van der Waals surface area contributed by atoms with Gasteiger partial charge < -0.3 is 10.6 Å². The third-order valence-corrected chi connectivity index (χ3v) is 3.29. The van der Waals surface area contributed by atoms with Crippen LogP contribution in [0.4, 0.5) is 5.69 Å². The summed E-state index contributed by atoms with van der Waals surface area (Å²) < 4.78 is 0. The Hall–Kier alpha value is -1.39. The van der Waals surface area contributed by atoms with Gasteiger partial charge in [-0.3, -0.25) is 4.98 Å². The molecule has 2 heterocycles. The Morgan fingerprint density at radius 3 is 2.81 bits per heavy atom. The lowest BCUT2D eigenvalue weighted by molar-refractivity contribution is 0.921. The molecular weight excluding hydrogens is 218 g/mol. The maximum absolute atomic E-state index is 5.51. The molecule has 84 valence electrons. The number of anilines is 1. The number of rotatable bonds is 4. The summed E-state index contributed by atoms with van der Waals surface area (Å²) in [4.78, 5) is 7.82. The molecule has 3 nitrogen and oxygen atoms in total. The molecular formula is C12H15N3S. The van der Waals surface area contributed by atoms with E-state index in [0.717, 1.165) is 17.9 Å². The van der Waals surface area contributed by atoms with E-state index in [0.29, 0.717) is 6.54 Å². The highest BCUT2D eigenvalue weighted by atomic mass is 32.1. The molecule has 4 heteroatoms. The summed E-state index contributed by atoms with van der Waals surface area (Å²) in [7, 11) is 2.07. The fourth-order valence-electron chi connectivity index (χ4n) is 1.49. The molecule has 0 saturated heterocycles. The van der Waals surface area contributed by atoms with Gasteiger partial charge in [0, 0.05) is 18.5 Å². The zero-order valence-electron chi connectivity index (χ0n) is 9.26. The number of aromatic nitrogens is 1. The minimum atomic E-state index is 0.495. The van der Waals surface area contributed by atoms with E-state index in [9.17, 15) is 0 Å². The van der Waals surface area contributed by atoms with Gasteiger partial charge in [0.25, 0.3) is 0 Å². The lowest BCUT2D eigenvalue weighted by atomic mass is 10.3. The largest absolute Gasteiger partial charge is 0.368 e. The molecule has 0 atom stereocenters. The molecule has 0 aliphatic rings. The maximum Gasteiger partial charge on any atom is 0.0553 e. The van der Waals surface area contributed by atoms with Crippen LogP contribution in [0.5, 0.6) is 0 Å². The van der Waals surface area contributed by atoms with Crippen LogP contribution in [0.2, 0.25) is 0 Å². The van der Waals surface area contributed by atoms with Crippen molar-refractivity contribution >= 4 is 17.0 Å². The second kappa shape index (κ2) is 5.09. The molecule has 0 saturated carbocycles. The van der Waals surface area contributed by atoms with E-state index in [2.05, 4.69) is 40.5 Å². The van der Waals surface area contributed by atoms with Crippen LogP contribution in [0, 0.1) is 0 Å². The average Bonchev–Trinajstić information content (AvgIpc) is 2.82. The summed E-state index contributed by atoms with van der Waals surface area (Å²) in [6, 6.07) is 8.25. The molecule has 0 spiro atoms. The van der Waals surface area contributed by atoms with E-state index in [4.69, 9.17) is 5.73 Å². The zero-order chi connectivity index (χ0) is 11.4. The molecule has 2 rings (SSSR count). The van der Waals surface area contributed by atoms with E-state index < -0.39 is 0 Å². The molecule has 2 aromatic heterocycles. The van der Waals surface area contributed by atoms with Gasteiger partial charge in [0.2, 0.25) is 0 Å². The Bertz CT molecular complexity index is 422. The Kier molecular flexibility index (Phi) is 3.54. The first kappa shape index (κ1) is 11.1. The number of hydrogen-bond acceptors (Lipinski definition) is 4. The van der Waals surface area contributed by atoms with Crippen LogP contribution >= 0.6 is 11.3 Å². The van der Waals surface area contributed by atoms with Gasteiger partial charge in [0.1, 0.15) is 0 Å². The predicted molar refractivity (Wildman–Crippen MR) is 68.6 cm³/mol. The summed E-state index contributed by atoms with van der Waals surface area (Å²) in [6.07, 6.45) is 1.87. The lowest BCUT2D eigenvalue weighted by Gasteiger charge is -2.18. The van der Waals surface area contributed by atoms with Crippen molar-refractivity contribution in [2.24, 2.45) is 5.73 Å². The van der Waals surface area contributed by atoms with E-state index in [1.807, 2.05) is 12.3 Å².